The van der Waals surface area contributed by atoms with Gasteiger partial charge in [-0.3, -0.25) is 9.59 Å². The quantitative estimate of drug-likeness (QED) is 0.812. The molecule has 2 aromatic carbocycles. The zero-order chi connectivity index (χ0) is 18.6. The number of carbonyl (C=O) groups excluding carboxylic acids is 2. The van der Waals surface area contributed by atoms with Crippen molar-refractivity contribution in [1.29, 1.82) is 0 Å². The lowest BCUT2D eigenvalue weighted by molar-refractivity contribution is -0.117. The lowest BCUT2D eigenvalue weighted by Crippen LogP contribution is -2.32. The fourth-order valence-electron chi connectivity index (χ4n) is 2.14. The zero-order valence-corrected chi connectivity index (χ0v) is 14.7. The predicted molar refractivity (Wildman–Crippen MR) is 94.1 cm³/mol. The molecule has 0 radical (unpaired) electrons. The molecule has 4 nitrogen and oxygen atoms in total. The third-order valence-electron chi connectivity index (χ3n) is 3.36. The van der Waals surface area contributed by atoms with E-state index in [1.807, 2.05) is 0 Å². The molecule has 0 spiro atoms. The molecule has 0 aliphatic rings. The number of rotatable bonds is 5. The number of nitrogens with one attached hydrogen (secondary N) is 1. The van der Waals surface area contributed by atoms with Crippen LogP contribution in [0.5, 0.6) is 0 Å². The summed E-state index contributed by atoms with van der Waals surface area (Å²) in [5.41, 5.74) is 0.359. The second-order valence-corrected chi connectivity index (χ2v) is 6.01. The van der Waals surface area contributed by atoms with Crippen molar-refractivity contribution in [3.05, 3.63) is 58.1 Å². The van der Waals surface area contributed by atoms with E-state index in [1.165, 1.54) is 17.9 Å². The van der Waals surface area contributed by atoms with Gasteiger partial charge in [-0.1, -0.05) is 23.2 Å². The summed E-state index contributed by atoms with van der Waals surface area (Å²) in [6, 6.07) is 7.51. The summed E-state index contributed by atoms with van der Waals surface area (Å²) in [5, 5.41) is 2.96. The van der Waals surface area contributed by atoms with E-state index in [1.54, 1.807) is 12.1 Å². The molecule has 0 aliphatic carbocycles. The Kier molecular flexibility index (Phi) is 6.33. The number of hydrogen-bond acceptors (Lipinski definition) is 2. The van der Waals surface area contributed by atoms with E-state index in [4.69, 9.17) is 23.2 Å². The molecule has 0 aliphatic heterocycles. The number of hydrogen-bond donors (Lipinski definition) is 1. The number of carbonyl (C=O) groups is 2. The molecule has 25 heavy (non-hydrogen) atoms. The van der Waals surface area contributed by atoms with Gasteiger partial charge in [0.15, 0.2) is 0 Å². The summed E-state index contributed by atoms with van der Waals surface area (Å²) < 4.78 is 26.4. The van der Waals surface area contributed by atoms with Gasteiger partial charge in [0.1, 0.15) is 11.6 Å². The van der Waals surface area contributed by atoms with Crippen LogP contribution in [0.4, 0.5) is 20.2 Å². The Morgan fingerprint density at radius 1 is 1.08 bits per heavy atom. The average molecular weight is 387 g/mol. The maximum Gasteiger partial charge on any atom is 0.226 e. The highest BCUT2D eigenvalue weighted by Gasteiger charge is 2.15. The van der Waals surface area contributed by atoms with E-state index >= 15 is 0 Å². The number of amides is 2. The SMILES string of the molecule is CC(=O)N(CCC(=O)Nc1ccc(F)cc1F)c1ccc(Cl)c(Cl)c1. The van der Waals surface area contributed by atoms with Crippen molar-refractivity contribution in [3.63, 3.8) is 0 Å². The van der Waals surface area contributed by atoms with E-state index in [-0.39, 0.29) is 29.6 Å². The van der Waals surface area contributed by atoms with Crippen molar-refractivity contribution in [2.75, 3.05) is 16.8 Å². The molecule has 0 unspecified atom stereocenters. The Bertz CT molecular complexity index is 815. The van der Waals surface area contributed by atoms with Crippen molar-refractivity contribution in [2.24, 2.45) is 0 Å². The van der Waals surface area contributed by atoms with Gasteiger partial charge >= 0.3 is 0 Å². The van der Waals surface area contributed by atoms with Gasteiger partial charge in [-0.15, -0.1) is 0 Å². The van der Waals surface area contributed by atoms with E-state index < -0.39 is 17.5 Å². The molecule has 132 valence electrons. The van der Waals surface area contributed by atoms with Crippen molar-refractivity contribution in [2.45, 2.75) is 13.3 Å². The minimum Gasteiger partial charge on any atom is -0.324 e. The highest BCUT2D eigenvalue weighted by molar-refractivity contribution is 6.42. The van der Waals surface area contributed by atoms with E-state index in [0.29, 0.717) is 16.8 Å². The van der Waals surface area contributed by atoms with Crippen LogP contribution in [0.25, 0.3) is 0 Å². The topological polar surface area (TPSA) is 49.4 Å². The summed E-state index contributed by atoms with van der Waals surface area (Å²) >= 11 is 11.8. The zero-order valence-electron chi connectivity index (χ0n) is 13.2. The second kappa shape index (κ2) is 8.27. The maximum absolute atomic E-state index is 13.5. The Labute approximate surface area is 153 Å². The molecule has 0 saturated carbocycles. The molecule has 0 atom stereocenters. The van der Waals surface area contributed by atoms with Crippen LogP contribution in [0.3, 0.4) is 0 Å². The third kappa shape index (κ3) is 5.14. The Balaban J connectivity index is 2.04. The van der Waals surface area contributed by atoms with Gasteiger partial charge in [-0.25, -0.2) is 8.78 Å². The average Bonchev–Trinajstić information content (AvgIpc) is 2.53. The molecule has 2 rings (SSSR count). The van der Waals surface area contributed by atoms with E-state index in [0.717, 1.165) is 12.1 Å². The normalized spacial score (nSPS) is 10.4. The third-order valence-corrected chi connectivity index (χ3v) is 4.10. The van der Waals surface area contributed by atoms with Gasteiger partial charge < -0.3 is 10.2 Å². The summed E-state index contributed by atoms with van der Waals surface area (Å²) in [6.45, 7) is 1.40. The highest BCUT2D eigenvalue weighted by Crippen LogP contribution is 2.27. The van der Waals surface area contributed by atoms with Gasteiger partial charge in [0.05, 0.1) is 15.7 Å². The van der Waals surface area contributed by atoms with E-state index in [9.17, 15) is 18.4 Å². The van der Waals surface area contributed by atoms with Crippen molar-refractivity contribution in [3.8, 4) is 0 Å². The Hall–Kier alpha value is -2.18. The molecule has 0 saturated heterocycles. The van der Waals surface area contributed by atoms with Crippen LogP contribution in [-0.2, 0) is 9.59 Å². The lowest BCUT2D eigenvalue weighted by Gasteiger charge is -2.21. The molecule has 1 N–H and O–H groups in total. The smallest absolute Gasteiger partial charge is 0.226 e. The summed E-state index contributed by atoms with van der Waals surface area (Å²) in [5.74, 6) is -2.42. The van der Waals surface area contributed by atoms with Gasteiger partial charge in [0, 0.05) is 31.6 Å². The molecule has 0 bridgehead atoms. The highest BCUT2D eigenvalue weighted by atomic mass is 35.5. The number of nitrogens with zero attached hydrogens (tertiary/aromatic N) is 1. The van der Waals surface area contributed by atoms with Crippen molar-refractivity contribution >= 4 is 46.4 Å². The minimum absolute atomic E-state index is 0.0575. The number of benzene rings is 2. The van der Waals surface area contributed by atoms with Gasteiger partial charge in [-0.05, 0) is 30.3 Å². The molecular formula is C17H14Cl2F2N2O2. The van der Waals surface area contributed by atoms with Crippen LogP contribution >= 0.6 is 23.2 Å². The first kappa shape index (κ1) is 19.1. The van der Waals surface area contributed by atoms with Crippen LogP contribution in [0.1, 0.15) is 13.3 Å². The van der Waals surface area contributed by atoms with Gasteiger partial charge in [0.25, 0.3) is 0 Å². The summed E-state index contributed by atoms with van der Waals surface area (Å²) in [6.07, 6.45) is -0.0867. The van der Waals surface area contributed by atoms with Crippen molar-refractivity contribution < 1.29 is 18.4 Å². The monoisotopic (exact) mass is 386 g/mol. The Morgan fingerprint density at radius 3 is 2.40 bits per heavy atom. The van der Waals surface area contributed by atoms with Crippen LogP contribution in [0.15, 0.2) is 36.4 Å². The first-order valence-electron chi connectivity index (χ1n) is 7.26. The standard InChI is InChI=1S/C17H14Cl2F2N2O2/c1-10(24)23(12-3-4-13(18)14(19)9-12)7-6-17(25)22-16-5-2-11(20)8-15(16)21/h2-5,8-9H,6-7H2,1H3,(H,22,25). The molecule has 2 aromatic rings. The second-order valence-electron chi connectivity index (χ2n) is 5.19. The summed E-state index contributed by atoms with van der Waals surface area (Å²) in [4.78, 5) is 25.1. The molecule has 8 heteroatoms. The minimum atomic E-state index is -0.874. The lowest BCUT2D eigenvalue weighted by atomic mass is 10.2. The van der Waals surface area contributed by atoms with Crippen molar-refractivity contribution in [1.82, 2.24) is 0 Å². The Morgan fingerprint density at radius 2 is 1.80 bits per heavy atom. The number of anilines is 2. The van der Waals surface area contributed by atoms with Crippen LogP contribution in [0, 0.1) is 11.6 Å². The first-order valence-corrected chi connectivity index (χ1v) is 8.01. The van der Waals surface area contributed by atoms with Gasteiger partial charge in [-0.2, -0.15) is 0 Å². The fourth-order valence-corrected chi connectivity index (χ4v) is 2.43. The molecule has 0 aromatic heterocycles. The first-order chi connectivity index (χ1) is 11.8. The van der Waals surface area contributed by atoms with Crippen LogP contribution < -0.4 is 10.2 Å². The molecule has 0 heterocycles. The molecular weight excluding hydrogens is 373 g/mol. The maximum atomic E-state index is 13.5. The van der Waals surface area contributed by atoms with Crippen LogP contribution in [0.2, 0.25) is 10.0 Å². The fraction of sp³-hybridized carbons (Fsp3) is 0.176. The molecule has 2 amide bonds. The predicted octanol–water partition coefficient (Wildman–Crippen LogP) is 4.65. The summed E-state index contributed by atoms with van der Waals surface area (Å²) in [7, 11) is 0. The van der Waals surface area contributed by atoms with Gasteiger partial charge in [0.2, 0.25) is 11.8 Å². The molecule has 0 fully saturated rings. The van der Waals surface area contributed by atoms with E-state index in [2.05, 4.69) is 5.32 Å². The largest absolute Gasteiger partial charge is 0.324 e. The van der Waals surface area contributed by atoms with Crippen LogP contribution in [-0.4, -0.2) is 18.4 Å². The number of halogens is 4.